The Morgan fingerprint density at radius 2 is 2.12 bits per heavy atom. The lowest BCUT2D eigenvalue weighted by molar-refractivity contribution is 0.0988. The third kappa shape index (κ3) is 3.73. The van der Waals surface area contributed by atoms with Crippen LogP contribution in [0.3, 0.4) is 0 Å². The normalized spacial score (nSPS) is 13.7. The van der Waals surface area contributed by atoms with Gasteiger partial charge in [-0.3, -0.25) is 0 Å². The van der Waals surface area contributed by atoms with Gasteiger partial charge >= 0.3 is 0 Å². The topological polar surface area (TPSA) is 86.6 Å². The van der Waals surface area contributed by atoms with Gasteiger partial charge in [-0.1, -0.05) is 17.7 Å². The van der Waals surface area contributed by atoms with Crippen molar-refractivity contribution in [2.75, 3.05) is 13.2 Å². The van der Waals surface area contributed by atoms with Crippen LogP contribution in [0.2, 0.25) is 5.02 Å². The monoisotopic (exact) mass is 265 g/mol. The maximum absolute atomic E-state index is 11.6. The van der Waals surface area contributed by atoms with E-state index in [0.29, 0.717) is 5.02 Å². The number of aliphatic hydroxyl groups is 2. The minimum Gasteiger partial charge on any atom is -0.394 e. The first-order valence-corrected chi connectivity index (χ1v) is 6.36. The summed E-state index contributed by atoms with van der Waals surface area (Å²) in [5.41, 5.74) is 0. The van der Waals surface area contributed by atoms with Crippen LogP contribution in [0.25, 0.3) is 0 Å². The molecule has 0 radical (unpaired) electrons. The molecule has 0 saturated carbocycles. The molecule has 0 fully saturated rings. The third-order valence-corrected chi connectivity index (χ3v) is 3.48. The average molecular weight is 266 g/mol. The van der Waals surface area contributed by atoms with E-state index in [2.05, 4.69) is 4.72 Å². The van der Waals surface area contributed by atoms with Gasteiger partial charge in [-0.25, -0.2) is 13.1 Å². The molecule has 1 aromatic rings. The fraction of sp³-hybridized carbons (Fsp3) is 0.333. The van der Waals surface area contributed by atoms with E-state index >= 15 is 0 Å². The molecule has 1 rings (SSSR count). The van der Waals surface area contributed by atoms with Gasteiger partial charge in [0, 0.05) is 11.6 Å². The van der Waals surface area contributed by atoms with Crippen LogP contribution in [-0.2, 0) is 10.0 Å². The third-order valence-electron chi connectivity index (χ3n) is 1.83. The molecule has 1 unspecified atom stereocenters. The van der Waals surface area contributed by atoms with Crippen molar-refractivity contribution in [3.63, 3.8) is 0 Å². The first kappa shape index (κ1) is 13.4. The van der Waals surface area contributed by atoms with Crippen molar-refractivity contribution < 1.29 is 18.6 Å². The summed E-state index contributed by atoms with van der Waals surface area (Å²) in [7, 11) is -3.69. The Morgan fingerprint density at radius 3 is 2.69 bits per heavy atom. The van der Waals surface area contributed by atoms with Crippen molar-refractivity contribution in [1.82, 2.24) is 4.72 Å². The highest BCUT2D eigenvalue weighted by molar-refractivity contribution is 7.89. The van der Waals surface area contributed by atoms with Gasteiger partial charge in [-0.15, -0.1) is 0 Å². The molecule has 1 atom stereocenters. The zero-order valence-corrected chi connectivity index (χ0v) is 9.87. The Balaban J connectivity index is 2.78. The van der Waals surface area contributed by atoms with Crippen LogP contribution in [0.15, 0.2) is 29.2 Å². The number of hydrogen-bond acceptors (Lipinski definition) is 4. The second-order valence-electron chi connectivity index (χ2n) is 3.15. The number of aliphatic hydroxyl groups excluding tert-OH is 2. The minimum atomic E-state index is -3.69. The van der Waals surface area contributed by atoms with Crippen molar-refractivity contribution in [1.29, 1.82) is 0 Å². The van der Waals surface area contributed by atoms with Gasteiger partial charge in [0.15, 0.2) is 0 Å². The van der Waals surface area contributed by atoms with Crippen LogP contribution in [-0.4, -0.2) is 37.9 Å². The first-order valence-electron chi connectivity index (χ1n) is 4.50. The van der Waals surface area contributed by atoms with E-state index in [-0.39, 0.29) is 11.4 Å². The van der Waals surface area contributed by atoms with E-state index in [1.807, 2.05) is 0 Å². The smallest absolute Gasteiger partial charge is 0.240 e. The van der Waals surface area contributed by atoms with Gasteiger partial charge in [-0.05, 0) is 18.2 Å². The molecule has 0 amide bonds. The lowest BCUT2D eigenvalue weighted by Crippen LogP contribution is -2.33. The van der Waals surface area contributed by atoms with Crippen LogP contribution in [0.4, 0.5) is 0 Å². The molecule has 0 aliphatic heterocycles. The summed E-state index contributed by atoms with van der Waals surface area (Å²) in [6.45, 7) is -0.747. The molecule has 0 saturated heterocycles. The van der Waals surface area contributed by atoms with Crippen LogP contribution in [0.1, 0.15) is 0 Å². The fourth-order valence-electron chi connectivity index (χ4n) is 0.988. The molecular formula is C9H12ClNO4S. The average Bonchev–Trinajstić information content (AvgIpc) is 2.26. The molecular weight excluding hydrogens is 254 g/mol. The summed E-state index contributed by atoms with van der Waals surface area (Å²) < 4.78 is 25.4. The SMILES string of the molecule is O=S(=O)(NCC(O)CO)c1cccc(Cl)c1. The number of hydrogen-bond donors (Lipinski definition) is 3. The van der Waals surface area contributed by atoms with Gasteiger partial charge in [-0.2, -0.15) is 0 Å². The molecule has 7 heteroatoms. The van der Waals surface area contributed by atoms with Gasteiger partial charge in [0.2, 0.25) is 10.0 Å². The molecule has 0 bridgehead atoms. The highest BCUT2D eigenvalue weighted by Crippen LogP contribution is 2.14. The molecule has 1 aromatic carbocycles. The van der Waals surface area contributed by atoms with E-state index in [9.17, 15) is 8.42 Å². The number of halogens is 1. The molecule has 3 N–H and O–H groups in total. The summed E-state index contributed by atoms with van der Waals surface area (Å²) in [5.74, 6) is 0. The largest absolute Gasteiger partial charge is 0.394 e. The maximum Gasteiger partial charge on any atom is 0.240 e. The van der Waals surface area contributed by atoms with Gasteiger partial charge in [0.1, 0.15) is 0 Å². The van der Waals surface area contributed by atoms with E-state index in [0.717, 1.165) is 0 Å². The second-order valence-corrected chi connectivity index (χ2v) is 5.35. The van der Waals surface area contributed by atoms with Crippen LogP contribution < -0.4 is 4.72 Å². The molecule has 5 nitrogen and oxygen atoms in total. The Hall–Kier alpha value is -0.660. The van der Waals surface area contributed by atoms with Crippen molar-refractivity contribution in [3.05, 3.63) is 29.3 Å². The van der Waals surface area contributed by atoms with E-state index in [4.69, 9.17) is 21.8 Å². The quantitative estimate of drug-likeness (QED) is 0.698. The Kier molecular flexibility index (Phi) is 4.69. The Bertz CT molecular complexity index is 449. The Labute approximate surface area is 98.7 Å². The van der Waals surface area contributed by atoms with Crippen molar-refractivity contribution >= 4 is 21.6 Å². The number of nitrogens with one attached hydrogen (secondary N) is 1. The maximum atomic E-state index is 11.6. The lowest BCUT2D eigenvalue weighted by Gasteiger charge is -2.09. The van der Waals surface area contributed by atoms with Gasteiger partial charge in [0.25, 0.3) is 0 Å². The predicted molar refractivity (Wildman–Crippen MR) is 59.7 cm³/mol. The molecule has 16 heavy (non-hydrogen) atoms. The number of sulfonamides is 1. The fourth-order valence-corrected chi connectivity index (χ4v) is 2.36. The molecule has 0 heterocycles. The van der Waals surface area contributed by atoms with Crippen molar-refractivity contribution in [2.24, 2.45) is 0 Å². The van der Waals surface area contributed by atoms with Crippen molar-refractivity contribution in [2.45, 2.75) is 11.0 Å². The van der Waals surface area contributed by atoms with E-state index < -0.39 is 22.7 Å². The van der Waals surface area contributed by atoms with E-state index in [1.165, 1.54) is 18.2 Å². The second kappa shape index (κ2) is 5.60. The molecule has 0 aliphatic rings. The standard InChI is InChI=1S/C9H12ClNO4S/c10-7-2-1-3-9(4-7)16(14,15)11-5-8(13)6-12/h1-4,8,11-13H,5-6H2. The minimum absolute atomic E-state index is 0.0186. The zero-order chi connectivity index (χ0) is 12.2. The molecule has 0 aromatic heterocycles. The summed E-state index contributed by atoms with van der Waals surface area (Å²) in [6.07, 6.45) is -1.12. The molecule has 90 valence electrons. The van der Waals surface area contributed by atoms with Crippen LogP contribution in [0, 0.1) is 0 Å². The highest BCUT2D eigenvalue weighted by Gasteiger charge is 2.15. The summed E-state index contributed by atoms with van der Waals surface area (Å²) in [5, 5.41) is 17.9. The van der Waals surface area contributed by atoms with Gasteiger partial charge in [0.05, 0.1) is 17.6 Å². The summed E-state index contributed by atoms with van der Waals surface area (Å²) in [4.78, 5) is 0.0186. The first-order chi connectivity index (χ1) is 7.45. The van der Waals surface area contributed by atoms with E-state index in [1.54, 1.807) is 6.07 Å². The summed E-state index contributed by atoms with van der Waals surface area (Å²) >= 11 is 5.66. The number of benzene rings is 1. The molecule has 0 spiro atoms. The highest BCUT2D eigenvalue weighted by atomic mass is 35.5. The summed E-state index contributed by atoms with van der Waals surface area (Å²) in [6, 6.07) is 5.76. The number of rotatable bonds is 5. The van der Waals surface area contributed by atoms with Gasteiger partial charge < -0.3 is 10.2 Å². The molecule has 0 aliphatic carbocycles. The van der Waals surface area contributed by atoms with Crippen LogP contribution in [0.5, 0.6) is 0 Å². The van der Waals surface area contributed by atoms with Crippen molar-refractivity contribution in [3.8, 4) is 0 Å². The lowest BCUT2D eigenvalue weighted by atomic mass is 10.4. The zero-order valence-electron chi connectivity index (χ0n) is 8.30. The predicted octanol–water partition coefficient (Wildman–Crippen LogP) is -0.0285. The van der Waals surface area contributed by atoms with Crippen LogP contribution >= 0.6 is 11.6 Å². The Morgan fingerprint density at radius 1 is 1.44 bits per heavy atom.